The molecule has 0 saturated heterocycles. The number of pyridine rings is 1. The van der Waals surface area contributed by atoms with Gasteiger partial charge in [0.1, 0.15) is 11.9 Å². The number of amides is 2. The van der Waals surface area contributed by atoms with Gasteiger partial charge in [-0.1, -0.05) is 30.3 Å². The Balaban J connectivity index is 1.34. The maximum absolute atomic E-state index is 13.9. The molecule has 2 amide bonds. The maximum atomic E-state index is 13.9. The van der Waals surface area contributed by atoms with Gasteiger partial charge in [-0.3, -0.25) is 24.6 Å². The highest BCUT2D eigenvalue weighted by atomic mass is 19.1. The second kappa shape index (κ2) is 12.2. The Kier molecular flexibility index (Phi) is 7.87. The predicted molar refractivity (Wildman–Crippen MR) is 153 cm³/mol. The molecule has 6 rings (SSSR count). The number of furan rings is 1. The van der Waals surface area contributed by atoms with Crippen LogP contribution < -0.4 is 10.2 Å². The van der Waals surface area contributed by atoms with Crippen molar-refractivity contribution in [3.63, 3.8) is 0 Å². The lowest BCUT2D eigenvalue weighted by Crippen LogP contribution is -2.44. The van der Waals surface area contributed by atoms with Crippen LogP contribution in [0.2, 0.25) is 0 Å². The standard InChI is InChI=1S/C32H28FN5O4/c33-24-6-1-4-21(18-24)12-15-35-31(39)30(23-5-2-14-34-19-23)38(32(40)28-7-3-16-42-28)25-10-8-22(9-11-25)29-26-20-41-17-13-27(26)36-37-29/h1-11,14,16,18-19,30H,12-13,15,17,20H2,(H,35,39)(H,36,37). The Morgan fingerprint density at radius 2 is 1.95 bits per heavy atom. The Morgan fingerprint density at radius 3 is 2.71 bits per heavy atom. The summed E-state index contributed by atoms with van der Waals surface area (Å²) in [5.74, 6) is -1.16. The lowest BCUT2D eigenvalue weighted by molar-refractivity contribution is -0.122. The molecule has 0 fully saturated rings. The summed E-state index contributed by atoms with van der Waals surface area (Å²) in [6.07, 6.45) is 5.76. The average Bonchev–Trinajstić information content (AvgIpc) is 3.71. The van der Waals surface area contributed by atoms with Crippen LogP contribution in [0.15, 0.2) is 95.9 Å². The highest BCUT2D eigenvalue weighted by molar-refractivity contribution is 6.08. The number of hydrogen-bond acceptors (Lipinski definition) is 6. The molecule has 1 atom stereocenters. The van der Waals surface area contributed by atoms with Gasteiger partial charge in [0.2, 0.25) is 5.91 Å². The molecule has 4 heterocycles. The molecule has 42 heavy (non-hydrogen) atoms. The quantitative estimate of drug-likeness (QED) is 0.259. The fourth-order valence-electron chi connectivity index (χ4n) is 5.11. The van der Waals surface area contributed by atoms with E-state index in [2.05, 4.69) is 20.5 Å². The lowest BCUT2D eigenvalue weighted by atomic mass is 10.0. The van der Waals surface area contributed by atoms with Crippen LogP contribution in [0.3, 0.4) is 0 Å². The minimum Gasteiger partial charge on any atom is -0.459 e. The topological polar surface area (TPSA) is 113 Å². The first-order chi connectivity index (χ1) is 20.6. The molecule has 3 aromatic heterocycles. The molecule has 0 saturated carbocycles. The number of anilines is 1. The minimum atomic E-state index is -1.07. The van der Waals surface area contributed by atoms with Crippen molar-refractivity contribution in [1.82, 2.24) is 20.5 Å². The zero-order chi connectivity index (χ0) is 28.9. The van der Waals surface area contributed by atoms with Gasteiger partial charge >= 0.3 is 0 Å². The van der Waals surface area contributed by atoms with E-state index in [1.54, 1.807) is 60.9 Å². The van der Waals surface area contributed by atoms with Crippen molar-refractivity contribution < 1.29 is 23.1 Å². The van der Waals surface area contributed by atoms with Crippen LogP contribution in [-0.4, -0.2) is 40.1 Å². The van der Waals surface area contributed by atoms with Crippen LogP contribution >= 0.6 is 0 Å². The molecular weight excluding hydrogens is 537 g/mol. The molecule has 0 radical (unpaired) electrons. The van der Waals surface area contributed by atoms with Gasteiger partial charge in [0.25, 0.3) is 5.91 Å². The number of H-pyrrole nitrogens is 1. The molecule has 5 aromatic rings. The Bertz CT molecular complexity index is 1670. The number of ether oxygens (including phenoxy) is 1. The molecule has 1 aliphatic heterocycles. The summed E-state index contributed by atoms with van der Waals surface area (Å²) in [6.45, 7) is 1.37. The van der Waals surface area contributed by atoms with Crippen molar-refractivity contribution in [3.8, 4) is 11.3 Å². The van der Waals surface area contributed by atoms with Gasteiger partial charge < -0.3 is 14.5 Å². The van der Waals surface area contributed by atoms with E-state index in [0.717, 1.165) is 34.5 Å². The van der Waals surface area contributed by atoms with E-state index >= 15 is 0 Å². The number of nitrogens with zero attached hydrogens (tertiary/aromatic N) is 3. The largest absolute Gasteiger partial charge is 0.459 e. The van der Waals surface area contributed by atoms with Crippen LogP contribution in [-0.2, 0) is 29.0 Å². The van der Waals surface area contributed by atoms with Gasteiger partial charge in [0.15, 0.2) is 5.76 Å². The normalized spacial score (nSPS) is 13.3. The van der Waals surface area contributed by atoms with Gasteiger partial charge in [-0.05, 0) is 54.4 Å². The van der Waals surface area contributed by atoms with Crippen molar-refractivity contribution in [2.24, 2.45) is 0 Å². The summed E-state index contributed by atoms with van der Waals surface area (Å²) < 4.78 is 24.8. The minimum absolute atomic E-state index is 0.0825. The number of benzene rings is 2. The number of halogens is 1. The van der Waals surface area contributed by atoms with Crippen molar-refractivity contribution in [3.05, 3.63) is 125 Å². The summed E-state index contributed by atoms with van der Waals surface area (Å²) in [5, 5.41) is 10.5. The number of aromatic nitrogens is 3. The van der Waals surface area contributed by atoms with Crippen LogP contribution in [0.1, 0.15) is 39.0 Å². The molecule has 10 heteroatoms. The van der Waals surface area contributed by atoms with Gasteiger partial charge in [-0.15, -0.1) is 0 Å². The van der Waals surface area contributed by atoms with Gasteiger partial charge in [-0.25, -0.2) is 4.39 Å². The number of fused-ring (bicyclic) bond motifs is 1. The summed E-state index contributed by atoms with van der Waals surface area (Å²) >= 11 is 0. The summed E-state index contributed by atoms with van der Waals surface area (Å²) in [5.41, 5.74) is 5.46. The van der Waals surface area contributed by atoms with Gasteiger partial charge in [0, 0.05) is 53.4 Å². The third kappa shape index (κ3) is 5.70. The number of rotatable bonds is 9. The molecule has 212 valence electrons. The highest BCUT2D eigenvalue weighted by Gasteiger charge is 2.35. The van der Waals surface area contributed by atoms with E-state index in [4.69, 9.17) is 9.15 Å². The van der Waals surface area contributed by atoms with Crippen LogP contribution in [0.4, 0.5) is 10.1 Å². The maximum Gasteiger partial charge on any atom is 0.294 e. The van der Waals surface area contributed by atoms with Gasteiger partial charge in [-0.2, -0.15) is 5.10 Å². The first-order valence-corrected chi connectivity index (χ1v) is 13.6. The van der Waals surface area contributed by atoms with E-state index in [9.17, 15) is 14.0 Å². The van der Waals surface area contributed by atoms with Crippen molar-refractivity contribution in [2.45, 2.75) is 25.5 Å². The molecule has 1 unspecified atom stereocenters. The monoisotopic (exact) mass is 565 g/mol. The second-order valence-corrected chi connectivity index (χ2v) is 9.89. The summed E-state index contributed by atoms with van der Waals surface area (Å²) in [4.78, 5) is 33.4. The zero-order valence-electron chi connectivity index (χ0n) is 22.6. The van der Waals surface area contributed by atoms with Gasteiger partial charge in [0.05, 0.1) is 25.2 Å². The molecule has 0 aliphatic carbocycles. The van der Waals surface area contributed by atoms with E-state index in [0.29, 0.717) is 30.9 Å². The van der Waals surface area contributed by atoms with Crippen LogP contribution in [0.5, 0.6) is 0 Å². The van der Waals surface area contributed by atoms with E-state index < -0.39 is 17.9 Å². The van der Waals surface area contributed by atoms with Crippen LogP contribution in [0.25, 0.3) is 11.3 Å². The smallest absolute Gasteiger partial charge is 0.294 e. The zero-order valence-corrected chi connectivity index (χ0v) is 22.6. The number of hydrogen-bond donors (Lipinski definition) is 2. The van der Waals surface area contributed by atoms with Crippen molar-refractivity contribution in [2.75, 3.05) is 18.1 Å². The Morgan fingerprint density at radius 1 is 1.07 bits per heavy atom. The fourth-order valence-corrected chi connectivity index (χ4v) is 5.11. The van der Waals surface area contributed by atoms with E-state index in [1.807, 2.05) is 12.1 Å². The third-order valence-electron chi connectivity index (χ3n) is 7.17. The number of carbonyl (C=O) groups is 2. The lowest BCUT2D eigenvalue weighted by Gasteiger charge is -2.31. The molecule has 1 aliphatic rings. The first-order valence-electron chi connectivity index (χ1n) is 13.6. The molecule has 9 nitrogen and oxygen atoms in total. The summed E-state index contributed by atoms with van der Waals surface area (Å²) in [6, 6.07) is 19.1. The Labute approximate surface area is 241 Å². The van der Waals surface area contributed by atoms with Crippen molar-refractivity contribution in [1.29, 1.82) is 0 Å². The van der Waals surface area contributed by atoms with Crippen LogP contribution in [0, 0.1) is 5.82 Å². The molecule has 2 aromatic carbocycles. The SMILES string of the molecule is O=C(NCCc1cccc(F)c1)C(c1cccnc1)N(C(=O)c1ccco1)c1ccc(-c2n[nH]c3c2COCC3)cc1. The summed E-state index contributed by atoms with van der Waals surface area (Å²) in [7, 11) is 0. The van der Waals surface area contributed by atoms with E-state index in [-0.39, 0.29) is 18.1 Å². The number of carbonyl (C=O) groups excluding carboxylic acids is 2. The second-order valence-electron chi connectivity index (χ2n) is 9.89. The molecule has 0 bridgehead atoms. The molecule has 2 N–H and O–H groups in total. The average molecular weight is 566 g/mol. The molecule has 0 spiro atoms. The predicted octanol–water partition coefficient (Wildman–Crippen LogP) is 5.02. The Hall–Kier alpha value is -5.09. The fraction of sp³-hybridized carbons (Fsp3) is 0.188. The highest BCUT2D eigenvalue weighted by Crippen LogP contribution is 2.33. The van der Waals surface area contributed by atoms with Crippen molar-refractivity contribution >= 4 is 17.5 Å². The number of nitrogens with one attached hydrogen (secondary N) is 2. The molecular formula is C32H28FN5O4. The first kappa shape index (κ1) is 27.1. The number of aromatic amines is 1. The van der Waals surface area contributed by atoms with E-state index in [1.165, 1.54) is 23.3 Å². The third-order valence-corrected chi connectivity index (χ3v) is 7.17.